The highest BCUT2D eigenvalue weighted by molar-refractivity contribution is 6.02. The van der Waals surface area contributed by atoms with E-state index in [-0.39, 0.29) is 5.91 Å². The van der Waals surface area contributed by atoms with Crippen molar-refractivity contribution in [2.75, 3.05) is 69.1 Å². The molecule has 4 aromatic rings. The summed E-state index contributed by atoms with van der Waals surface area (Å²) in [6.07, 6.45) is 5.07. The third-order valence-electron chi connectivity index (χ3n) is 7.15. The van der Waals surface area contributed by atoms with E-state index in [0.717, 1.165) is 67.2 Å². The number of para-hydroxylation sites is 1. The van der Waals surface area contributed by atoms with E-state index in [9.17, 15) is 4.79 Å². The Kier molecular flexibility index (Phi) is 8.64. The van der Waals surface area contributed by atoms with Crippen LogP contribution < -0.4 is 20.3 Å². The molecule has 1 fully saturated rings. The quantitative estimate of drug-likeness (QED) is 0.220. The minimum Gasteiger partial charge on any atom is -0.494 e. The van der Waals surface area contributed by atoms with Gasteiger partial charge in [-0.25, -0.2) is 9.97 Å². The Hall–Kier alpha value is -4.63. The number of ether oxygens (including phenoxy) is 2. The van der Waals surface area contributed by atoms with Crippen LogP contribution in [0.3, 0.4) is 0 Å². The molecule has 1 saturated heterocycles. The zero-order chi connectivity index (χ0) is 28.8. The average Bonchev–Trinajstić information content (AvgIpc) is 3.33. The van der Waals surface area contributed by atoms with Crippen LogP contribution in [0.5, 0.6) is 5.75 Å². The first-order chi connectivity index (χ1) is 20.0. The smallest absolute Gasteiger partial charge is 0.256 e. The second-order valence-electron chi connectivity index (χ2n) is 9.84. The lowest BCUT2D eigenvalue weighted by Crippen LogP contribution is -2.40. The summed E-state index contributed by atoms with van der Waals surface area (Å²) >= 11 is 0. The fourth-order valence-electron chi connectivity index (χ4n) is 4.98. The number of methoxy groups -OCH3 is 1. The number of anilines is 4. The van der Waals surface area contributed by atoms with Gasteiger partial charge in [0.25, 0.3) is 5.91 Å². The summed E-state index contributed by atoms with van der Waals surface area (Å²) in [5.41, 5.74) is 7.51. The van der Waals surface area contributed by atoms with E-state index < -0.39 is 0 Å². The van der Waals surface area contributed by atoms with Gasteiger partial charge < -0.3 is 29.6 Å². The molecule has 0 radical (unpaired) electrons. The van der Waals surface area contributed by atoms with Gasteiger partial charge in [0.2, 0.25) is 5.95 Å². The van der Waals surface area contributed by atoms with Gasteiger partial charge in [0, 0.05) is 81.3 Å². The van der Waals surface area contributed by atoms with Crippen molar-refractivity contribution < 1.29 is 14.3 Å². The molecule has 0 atom stereocenters. The number of hydrogen-bond donors (Lipinski definition) is 2. The van der Waals surface area contributed by atoms with E-state index in [0.29, 0.717) is 23.1 Å². The molecule has 212 valence electrons. The van der Waals surface area contributed by atoms with Crippen molar-refractivity contribution in [1.82, 2.24) is 19.4 Å². The van der Waals surface area contributed by atoms with Gasteiger partial charge in [-0.1, -0.05) is 24.8 Å². The number of morpholine rings is 1. The monoisotopic (exact) mass is 553 g/mol. The topological polar surface area (TPSA) is 96.8 Å². The van der Waals surface area contributed by atoms with Crippen LogP contribution in [0.1, 0.15) is 0 Å². The number of carbonyl (C=O) groups is 1. The number of rotatable bonds is 10. The number of aromatic nitrogens is 3. The van der Waals surface area contributed by atoms with E-state index in [1.54, 1.807) is 13.3 Å². The maximum absolute atomic E-state index is 12.5. The molecule has 0 unspecified atom stereocenters. The lowest BCUT2D eigenvalue weighted by molar-refractivity contribution is -0.111. The van der Waals surface area contributed by atoms with Crippen molar-refractivity contribution in [3.05, 3.63) is 73.2 Å². The summed E-state index contributed by atoms with van der Waals surface area (Å²) in [4.78, 5) is 26.3. The van der Waals surface area contributed by atoms with Crippen LogP contribution in [-0.4, -0.2) is 78.9 Å². The minimum atomic E-state index is -0.326. The number of likely N-dealkylation sites (N-methyl/N-ethyl adjacent to an activating group) is 1. The molecule has 0 bridgehead atoms. The number of nitrogens with one attached hydrogen (secondary N) is 2. The molecule has 2 aromatic carbocycles. The summed E-state index contributed by atoms with van der Waals surface area (Å²) in [6.45, 7) is 8.46. The molecular weight excluding hydrogens is 518 g/mol. The Morgan fingerprint density at radius 3 is 2.80 bits per heavy atom. The summed E-state index contributed by atoms with van der Waals surface area (Å²) in [6, 6.07) is 13.9. The molecule has 10 nitrogen and oxygen atoms in total. The van der Waals surface area contributed by atoms with Crippen molar-refractivity contribution in [1.29, 1.82) is 0 Å². The van der Waals surface area contributed by atoms with Crippen molar-refractivity contribution in [2.24, 2.45) is 7.05 Å². The molecule has 3 heterocycles. The normalized spacial score (nSPS) is 13.4. The standard InChI is InChI=1S/C31H35N7O3/c1-5-8-30(39)33-25-19-26(29(40-4)20-28(25)36(2)13-14-38-15-17-41-18-16-38)35-31-32-12-11-24(34-31)23-21-37(3)27-10-7-6-9-22(23)27/h6-12,19-21H,1,13-18H2,2-4H3,(H,33,39)(H,32,34,35). The Morgan fingerprint density at radius 2 is 2.02 bits per heavy atom. The van der Waals surface area contributed by atoms with Gasteiger partial charge in [-0.3, -0.25) is 9.69 Å². The number of fused-ring (bicyclic) bond motifs is 1. The SMILES string of the molecule is C=C=CC(=O)Nc1cc(Nc2nccc(-c3cn(C)c4ccccc34)n2)c(OC)cc1N(C)CCN1CCOCC1. The van der Waals surface area contributed by atoms with Crippen LogP contribution in [0.25, 0.3) is 22.2 Å². The summed E-state index contributed by atoms with van der Waals surface area (Å²) in [5, 5.41) is 7.37. The van der Waals surface area contributed by atoms with Gasteiger partial charge in [-0.05, 0) is 18.2 Å². The molecule has 0 saturated carbocycles. The van der Waals surface area contributed by atoms with Crippen LogP contribution >= 0.6 is 0 Å². The molecule has 1 amide bonds. The maximum Gasteiger partial charge on any atom is 0.256 e. The van der Waals surface area contributed by atoms with Gasteiger partial charge in [0.1, 0.15) is 5.75 Å². The van der Waals surface area contributed by atoms with E-state index >= 15 is 0 Å². The van der Waals surface area contributed by atoms with Gasteiger partial charge in [-0.15, -0.1) is 5.73 Å². The molecule has 0 spiro atoms. The second-order valence-corrected chi connectivity index (χ2v) is 9.84. The zero-order valence-corrected chi connectivity index (χ0v) is 23.7. The third kappa shape index (κ3) is 6.41. The summed E-state index contributed by atoms with van der Waals surface area (Å²) in [7, 11) is 5.64. The van der Waals surface area contributed by atoms with Crippen LogP contribution in [0.2, 0.25) is 0 Å². The number of benzene rings is 2. The maximum atomic E-state index is 12.5. The van der Waals surface area contributed by atoms with E-state index in [1.807, 2.05) is 44.4 Å². The van der Waals surface area contributed by atoms with Crippen LogP contribution in [0, 0.1) is 0 Å². The van der Waals surface area contributed by atoms with E-state index in [4.69, 9.17) is 14.5 Å². The molecule has 2 aromatic heterocycles. The minimum absolute atomic E-state index is 0.326. The van der Waals surface area contributed by atoms with Crippen LogP contribution in [0.15, 0.2) is 73.2 Å². The highest BCUT2D eigenvalue weighted by Crippen LogP contribution is 2.38. The predicted molar refractivity (Wildman–Crippen MR) is 163 cm³/mol. The molecular formula is C31H35N7O3. The van der Waals surface area contributed by atoms with Gasteiger partial charge in [0.05, 0.1) is 43.1 Å². The molecule has 1 aliphatic rings. The summed E-state index contributed by atoms with van der Waals surface area (Å²) < 4.78 is 13.3. The number of amides is 1. The second kappa shape index (κ2) is 12.7. The van der Waals surface area contributed by atoms with Crippen molar-refractivity contribution >= 4 is 39.8 Å². The number of hydrogen-bond acceptors (Lipinski definition) is 8. The average molecular weight is 554 g/mol. The lowest BCUT2D eigenvalue weighted by Gasteiger charge is -2.30. The fraction of sp³-hybridized carbons (Fsp3) is 0.290. The highest BCUT2D eigenvalue weighted by Gasteiger charge is 2.18. The first kappa shape index (κ1) is 27.9. The van der Waals surface area contributed by atoms with Crippen molar-refractivity contribution in [3.63, 3.8) is 0 Å². The predicted octanol–water partition coefficient (Wildman–Crippen LogP) is 4.44. The Bertz CT molecular complexity index is 1590. The Labute approximate surface area is 239 Å². The molecule has 1 aliphatic heterocycles. The van der Waals surface area contributed by atoms with Crippen LogP contribution in [-0.2, 0) is 16.6 Å². The van der Waals surface area contributed by atoms with Crippen molar-refractivity contribution in [2.45, 2.75) is 0 Å². The van der Waals surface area contributed by atoms with Crippen molar-refractivity contribution in [3.8, 4) is 17.0 Å². The van der Waals surface area contributed by atoms with E-state index in [2.05, 4.69) is 60.6 Å². The van der Waals surface area contributed by atoms with E-state index in [1.165, 1.54) is 6.08 Å². The number of carbonyl (C=O) groups excluding carboxylic acids is 1. The Morgan fingerprint density at radius 1 is 1.22 bits per heavy atom. The molecule has 2 N–H and O–H groups in total. The lowest BCUT2D eigenvalue weighted by atomic mass is 10.1. The van der Waals surface area contributed by atoms with Gasteiger partial charge >= 0.3 is 0 Å². The first-order valence-electron chi connectivity index (χ1n) is 13.5. The molecule has 10 heteroatoms. The Balaban J connectivity index is 1.45. The van der Waals surface area contributed by atoms with Gasteiger partial charge in [-0.2, -0.15) is 0 Å². The number of aryl methyl sites for hydroxylation is 1. The zero-order valence-electron chi connectivity index (χ0n) is 23.7. The molecule has 5 rings (SSSR count). The number of nitrogens with zero attached hydrogens (tertiary/aromatic N) is 5. The molecule has 0 aliphatic carbocycles. The van der Waals surface area contributed by atoms with Crippen LogP contribution in [0.4, 0.5) is 23.0 Å². The summed E-state index contributed by atoms with van der Waals surface area (Å²) in [5.74, 6) is 0.674. The first-order valence-corrected chi connectivity index (χ1v) is 13.5. The largest absolute Gasteiger partial charge is 0.494 e. The highest BCUT2D eigenvalue weighted by atomic mass is 16.5. The fourth-order valence-corrected chi connectivity index (χ4v) is 4.98. The third-order valence-corrected chi connectivity index (χ3v) is 7.15. The van der Waals surface area contributed by atoms with Gasteiger partial charge in [0.15, 0.2) is 0 Å². The molecule has 41 heavy (non-hydrogen) atoms.